The van der Waals surface area contributed by atoms with Gasteiger partial charge >= 0.3 is 0 Å². The molecule has 0 aliphatic heterocycles. The summed E-state index contributed by atoms with van der Waals surface area (Å²) in [7, 11) is -3.33. The van der Waals surface area contributed by atoms with Crippen LogP contribution in [0.3, 0.4) is 0 Å². The van der Waals surface area contributed by atoms with Gasteiger partial charge < -0.3 is 10.4 Å². The summed E-state index contributed by atoms with van der Waals surface area (Å²) in [5.41, 5.74) is 0.939. The number of nitrogens with one attached hydrogen (secondary N) is 2. The summed E-state index contributed by atoms with van der Waals surface area (Å²) in [6.45, 7) is 4.34. The molecule has 0 amide bonds. The van der Waals surface area contributed by atoms with Gasteiger partial charge in [-0.2, -0.15) is 0 Å². The standard InChI is InChI=1S/C12H19ClN2O3S/c1-8(2)14-7-12(16)10-5-4-9(6-11(10)13)15-19(3,17)18/h4-6,8,12,14-16H,7H2,1-3H3. The van der Waals surface area contributed by atoms with Crippen LogP contribution in [0.1, 0.15) is 25.5 Å². The van der Waals surface area contributed by atoms with Crippen molar-refractivity contribution in [3.05, 3.63) is 28.8 Å². The molecule has 7 heteroatoms. The molecule has 0 saturated heterocycles. The maximum absolute atomic E-state index is 11.1. The number of halogens is 1. The van der Waals surface area contributed by atoms with Gasteiger partial charge in [-0.05, 0) is 12.1 Å². The van der Waals surface area contributed by atoms with Crippen molar-refractivity contribution in [2.24, 2.45) is 0 Å². The Bertz CT molecular complexity index is 532. The van der Waals surface area contributed by atoms with E-state index < -0.39 is 16.1 Å². The third kappa shape index (κ3) is 5.78. The van der Waals surface area contributed by atoms with E-state index in [2.05, 4.69) is 10.0 Å². The fraction of sp³-hybridized carbons (Fsp3) is 0.500. The first kappa shape index (κ1) is 16.2. The van der Waals surface area contributed by atoms with Crippen molar-refractivity contribution in [2.45, 2.75) is 26.0 Å². The molecule has 0 fully saturated rings. The van der Waals surface area contributed by atoms with Gasteiger partial charge in [-0.1, -0.05) is 31.5 Å². The molecule has 0 aromatic heterocycles. The van der Waals surface area contributed by atoms with Crippen LogP contribution in [-0.4, -0.2) is 32.4 Å². The van der Waals surface area contributed by atoms with Crippen molar-refractivity contribution in [1.29, 1.82) is 0 Å². The van der Waals surface area contributed by atoms with Crippen LogP contribution in [0.15, 0.2) is 18.2 Å². The molecule has 1 aromatic rings. The highest BCUT2D eigenvalue weighted by atomic mass is 35.5. The van der Waals surface area contributed by atoms with Crippen LogP contribution in [0, 0.1) is 0 Å². The predicted octanol–water partition coefficient (Wildman–Crippen LogP) is 1.74. The smallest absolute Gasteiger partial charge is 0.229 e. The number of hydrogen-bond acceptors (Lipinski definition) is 4. The Hall–Kier alpha value is -0.820. The van der Waals surface area contributed by atoms with E-state index >= 15 is 0 Å². The fourth-order valence-electron chi connectivity index (χ4n) is 1.53. The molecule has 19 heavy (non-hydrogen) atoms. The van der Waals surface area contributed by atoms with Crippen molar-refractivity contribution < 1.29 is 13.5 Å². The van der Waals surface area contributed by atoms with E-state index in [0.717, 1.165) is 6.26 Å². The van der Waals surface area contributed by atoms with E-state index in [4.69, 9.17) is 11.6 Å². The Kier molecular flexibility index (Phi) is 5.61. The number of sulfonamides is 1. The molecule has 1 unspecified atom stereocenters. The zero-order valence-electron chi connectivity index (χ0n) is 11.1. The Morgan fingerprint density at radius 3 is 2.47 bits per heavy atom. The minimum absolute atomic E-state index is 0.264. The van der Waals surface area contributed by atoms with E-state index in [1.165, 1.54) is 6.07 Å². The molecule has 5 nitrogen and oxygen atoms in total. The van der Waals surface area contributed by atoms with Gasteiger partial charge in [0.05, 0.1) is 12.4 Å². The van der Waals surface area contributed by atoms with E-state index in [0.29, 0.717) is 22.8 Å². The summed E-state index contributed by atoms with van der Waals surface area (Å²) in [4.78, 5) is 0. The van der Waals surface area contributed by atoms with Gasteiger partial charge in [-0.25, -0.2) is 8.42 Å². The van der Waals surface area contributed by atoms with Crippen LogP contribution in [0.5, 0.6) is 0 Å². The van der Waals surface area contributed by atoms with Gasteiger partial charge in [-0.15, -0.1) is 0 Å². The van der Waals surface area contributed by atoms with Gasteiger partial charge in [0, 0.05) is 28.9 Å². The first-order valence-electron chi connectivity index (χ1n) is 5.87. The minimum atomic E-state index is -3.33. The second-order valence-electron chi connectivity index (χ2n) is 4.69. The lowest BCUT2D eigenvalue weighted by Crippen LogP contribution is -2.28. The minimum Gasteiger partial charge on any atom is -0.387 e. The summed E-state index contributed by atoms with van der Waals surface area (Å²) < 4.78 is 24.5. The van der Waals surface area contributed by atoms with Gasteiger partial charge in [0.25, 0.3) is 0 Å². The molecule has 3 N–H and O–H groups in total. The number of benzene rings is 1. The Morgan fingerprint density at radius 2 is 2.00 bits per heavy atom. The van der Waals surface area contributed by atoms with Crippen molar-refractivity contribution >= 4 is 27.3 Å². The number of anilines is 1. The second kappa shape index (κ2) is 6.56. The summed E-state index contributed by atoms with van der Waals surface area (Å²) in [6.07, 6.45) is 0.332. The molecule has 0 saturated carbocycles. The summed E-state index contributed by atoms with van der Waals surface area (Å²) in [6, 6.07) is 4.93. The molecule has 0 heterocycles. The van der Waals surface area contributed by atoms with Gasteiger partial charge in [0.2, 0.25) is 10.0 Å². The Balaban J connectivity index is 2.82. The maximum Gasteiger partial charge on any atom is 0.229 e. The molecule has 0 spiro atoms. The normalized spacial score (nSPS) is 13.6. The largest absolute Gasteiger partial charge is 0.387 e. The summed E-state index contributed by atoms with van der Waals surface area (Å²) >= 11 is 6.05. The second-order valence-corrected chi connectivity index (χ2v) is 6.84. The number of aliphatic hydroxyl groups is 1. The van der Waals surface area contributed by atoms with Crippen molar-refractivity contribution in [2.75, 3.05) is 17.5 Å². The molecule has 1 aromatic carbocycles. The maximum atomic E-state index is 11.1. The van der Waals surface area contributed by atoms with Crippen molar-refractivity contribution in [3.63, 3.8) is 0 Å². The molecule has 0 bridgehead atoms. The van der Waals surface area contributed by atoms with Crippen LogP contribution in [-0.2, 0) is 10.0 Å². The lowest BCUT2D eigenvalue weighted by atomic mass is 10.1. The van der Waals surface area contributed by atoms with Crippen LogP contribution in [0.25, 0.3) is 0 Å². The van der Waals surface area contributed by atoms with E-state index in [-0.39, 0.29) is 6.04 Å². The summed E-state index contributed by atoms with van der Waals surface area (Å²) in [5, 5.41) is 13.4. The molecular weight excluding hydrogens is 288 g/mol. The first-order valence-corrected chi connectivity index (χ1v) is 8.14. The Morgan fingerprint density at radius 1 is 1.37 bits per heavy atom. The molecule has 108 valence electrons. The van der Waals surface area contributed by atoms with Crippen LogP contribution < -0.4 is 10.0 Å². The lowest BCUT2D eigenvalue weighted by Gasteiger charge is -2.16. The monoisotopic (exact) mass is 306 g/mol. The van der Waals surface area contributed by atoms with Crippen LogP contribution in [0.2, 0.25) is 5.02 Å². The third-order valence-corrected chi connectivity index (χ3v) is 3.32. The first-order chi connectivity index (χ1) is 8.69. The zero-order chi connectivity index (χ0) is 14.6. The highest BCUT2D eigenvalue weighted by Crippen LogP contribution is 2.26. The fourth-order valence-corrected chi connectivity index (χ4v) is 2.39. The molecule has 0 aliphatic rings. The average Bonchev–Trinajstić information content (AvgIpc) is 2.23. The van der Waals surface area contributed by atoms with Gasteiger partial charge in [0.1, 0.15) is 0 Å². The van der Waals surface area contributed by atoms with Crippen LogP contribution in [0.4, 0.5) is 5.69 Å². The predicted molar refractivity (Wildman–Crippen MR) is 78.0 cm³/mol. The molecule has 0 radical (unpaired) electrons. The highest BCUT2D eigenvalue weighted by Gasteiger charge is 2.13. The topological polar surface area (TPSA) is 78.4 Å². The summed E-state index contributed by atoms with van der Waals surface area (Å²) in [5.74, 6) is 0. The molecule has 1 atom stereocenters. The van der Waals surface area contributed by atoms with Crippen molar-refractivity contribution in [1.82, 2.24) is 5.32 Å². The average molecular weight is 307 g/mol. The quantitative estimate of drug-likeness (QED) is 0.748. The van der Waals surface area contributed by atoms with E-state index in [1.807, 2.05) is 13.8 Å². The number of hydrogen-bond donors (Lipinski definition) is 3. The Labute approximate surface area is 119 Å². The lowest BCUT2D eigenvalue weighted by molar-refractivity contribution is 0.172. The molecular formula is C12H19ClN2O3S. The third-order valence-electron chi connectivity index (χ3n) is 2.38. The zero-order valence-corrected chi connectivity index (χ0v) is 12.7. The number of aliphatic hydroxyl groups excluding tert-OH is 1. The van der Waals surface area contributed by atoms with E-state index in [1.54, 1.807) is 12.1 Å². The highest BCUT2D eigenvalue weighted by molar-refractivity contribution is 7.92. The van der Waals surface area contributed by atoms with E-state index in [9.17, 15) is 13.5 Å². The molecule has 1 rings (SSSR count). The van der Waals surface area contributed by atoms with Crippen LogP contribution >= 0.6 is 11.6 Å². The van der Waals surface area contributed by atoms with Gasteiger partial charge in [-0.3, -0.25) is 4.72 Å². The number of rotatable bonds is 6. The van der Waals surface area contributed by atoms with Gasteiger partial charge in [0.15, 0.2) is 0 Å². The van der Waals surface area contributed by atoms with Crippen molar-refractivity contribution in [3.8, 4) is 0 Å². The molecule has 0 aliphatic carbocycles. The SMILES string of the molecule is CC(C)NCC(O)c1ccc(NS(C)(=O)=O)cc1Cl.